The van der Waals surface area contributed by atoms with E-state index in [-0.39, 0.29) is 11.1 Å². The fraction of sp³-hybridized carbons (Fsp3) is 0.385. The predicted molar refractivity (Wildman–Crippen MR) is 124 cm³/mol. The molecule has 2 aromatic rings. The molecule has 1 aliphatic carbocycles. The molecule has 3 atom stereocenters. The zero-order valence-corrected chi connectivity index (χ0v) is 19.0. The largest absolute Gasteiger partial charge is 0.404 e. The molecule has 0 fully saturated rings. The molecular weight excluding hydrogens is 356 g/mol. The lowest BCUT2D eigenvalue weighted by Gasteiger charge is -2.47. The molecular formula is C26H34OSi. The standard InChI is InChI=1S/C26H34OSi/c1-20(2)22-18-17-21(3)25(19-22)27-28(26(4,5)6,23-13-9-7-10-14-23)24-15-11-8-12-16-24/h7-18,21-22,25H,1,19H2,2-6H3/t21-,22-,25+/m1/s1. The molecule has 2 heteroatoms. The van der Waals surface area contributed by atoms with Crippen molar-refractivity contribution < 1.29 is 4.43 Å². The van der Waals surface area contributed by atoms with Crippen molar-refractivity contribution in [1.82, 2.24) is 0 Å². The Hall–Kier alpha value is -1.90. The molecule has 0 saturated heterocycles. The molecule has 3 rings (SSSR count). The van der Waals surface area contributed by atoms with Gasteiger partial charge in [-0.1, -0.05) is 113 Å². The molecule has 148 valence electrons. The zero-order valence-electron chi connectivity index (χ0n) is 18.0. The number of allylic oxidation sites excluding steroid dienone is 2. The van der Waals surface area contributed by atoms with Crippen LogP contribution in [-0.4, -0.2) is 14.4 Å². The zero-order chi connectivity index (χ0) is 20.4. The number of hydrogen-bond acceptors (Lipinski definition) is 1. The molecule has 1 aliphatic rings. The van der Waals surface area contributed by atoms with Crippen molar-refractivity contribution in [1.29, 1.82) is 0 Å². The van der Waals surface area contributed by atoms with Gasteiger partial charge in [0, 0.05) is 0 Å². The molecule has 0 heterocycles. The molecule has 0 unspecified atom stereocenters. The van der Waals surface area contributed by atoms with Crippen LogP contribution in [0.1, 0.15) is 41.0 Å². The van der Waals surface area contributed by atoms with Gasteiger partial charge >= 0.3 is 0 Å². The second-order valence-electron chi connectivity index (χ2n) is 9.25. The summed E-state index contributed by atoms with van der Waals surface area (Å²) in [6, 6.07) is 21.9. The van der Waals surface area contributed by atoms with Crippen molar-refractivity contribution in [3.8, 4) is 0 Å². The quantitative estimate of drug-likeness (QED) is 0.469. The van der Waals surface area contributed by atoms with Gasteiger partial charge in [0.1, 0.15) is 0 Å². The van der Waals surface area contributed by atoms with Gasteiger partial charge in [-0.05, 0) is 40.6 Å². The van der Waals surface area contributed by atoms with E-state index in [1.54, 1.807) is 0 Å². The van der Waals surface area contributed by atoms with Crippen LogP contribution in [0.25, 0.3) is 0 Å². The molecule has 0 saturated carbocycles. The Kier molecular flexibility index (Phi) is 6.11. The maximum atomic E-state index is 7.35. The third-order valence-corrected chi connectivity index (χ3v) is 11.2. The summed E-state index contributed by atoms with van der Waals surface area (Å²) in [5.74, 6) is 0.802. The minimum atomic E-state index is -2.51. The molecule has 0 radical (unpaired) electrons. The Morgan fingerprint density at radius 1 is 0.929 bits per heavy atom. The van der Waals surface area contributed by atoms with Crippen molar-refractivity contribution in [3.63, 3.8) is 0 Å². The monoisotopic (exact) mass is 390 g/mol. The fourth-order valence-electron chi connectivity index (χ4n) is 4.42. The molecule has 28 heavy (non-hydrogen) atoms. The summed E-state index contributed by atoms with van der Waals surface area (Å²) in [7, 11) is -2.51. The Morgan fingerprint density at radius 3 is 1.86 bits per heavy atom. The van der Waals surface area contributed by atoms with E-state index in [0.29, 0.717) is 11.8 Å². The maximum absolute atomic E-state index is 7.35. The van der Waals surface area contributed by atoms with E-state index in [1.807, 2.05) is 0 Å². The molecule has 0 amide bonds. The Morgan fingerprint density at radius 2 is 1.43 bits per heavy atom. The summed E-state index contributed by atoms with van der Waals surface area (Å²) in [6.07, 6.45) is 5.85. The number of benzene rings is 2. The lowest BCUT2D eigenvalue weighted by atomic mass is 9.84. The summed E-state index contributed by atoms with van der Waals surface area (Å²) in [4.78, 5) is 0. The van der Waals surface area contributed by atoms with Crippen LogP contribution in [0.15, 0.2) is 85.0 Å². The second-order valence-corrected chi connectivity index (χ2v) is 13.5. The smallest absolute Gasteiger partial charge is 0.261 e. The van der Waals surface area contributed by atoms with Crippen LogP contribution < -0.4 is 10.4 Å². The van der Waals surface area contributed by atoms with Gasteiger partial charge in [0.15, 0.2) is 0 Å². The van der Waals surface area contributed by atoms with Gasteiger partial charge in [-0.15, -0.1) is 0 Å². The highest BCUT2D eigenvalue weighted by Crippen LogP contribution is 2.40. The van der Waals surface area contributed by atoms with Crippen LogP contribution in [0, 0.1) is 11.8 Å². The van der Waals surface area contributed by atoms with Crippen LogP contribution in [0.2, 0.25) is 5.04 Å². The topological polar surface area (TPSA) is 9.23 Å². The van der Waals surface area contributed by atoms with Gasteiger partial charge in [-0.3, -0.25) is 0 Å². The van der Waals surface area contributed by atoms with E-state index >= 15 is 0 Å². The number of rotatable bonds is 5. The second kappa shape index (κ2) is 8.22. The normalized spacial score (nSPS) is 22.8. The van der Waals surface area contributed by atoms with Gasteiger partial charge in [0.25, 0.3) is 8.32 Å². The van der Waals surface area contributed by atoms with E-state index in [1.165, 1.54) is 15.9 Å². The van der Waals surface area contributed by atoms with E-state index in [9.17, 15) is 0 Å². The highest BCUT2D eigenvalue weighted by atomic mass is 28.4. The minimum absolute atomic E-state index is 0.00923. The average Bonchev–Trinajstić information content (AvgIpc) is 2.67. The molecule has 0 aromatic heterocycles. The molecule has 2 aromatic carbocycles. The van der Waals surface area contributed by atoms with E-state index in [2.05, 4.69) is 114 Å². The predicted octanol–water partition coefficient (Wildman–Crippen LogP) is 5.72. The van der Waals surface area contributed by atoms with Crippen molar-refractivity contribution in [2.75, 3.05) is 0 Å². The molecule has 0 aliphatic heterocycles. The van der Waals surface area contributed by atoms with Crippen LogP contribution >= 0.6 is 0 Å². The highest BCUT2D eigenvalue weighted by Gasteiger charge is 2.52. The van der Waals surface area contributed by atoms with Crippen molar-refractivity contribution in [3.05, 3.63) is 85.0 Å². The summed E-state index contributed by atoms with van der Waals surface area (Å²) >= 11 is 0. The summed E-state index contributed by atoms with van der Waals surface area (Å²) < 4.78 is 7.35. The third-order valence-electron chi connectivity index (χ3n) is 6.10. The lowest BCUT2D eigenvalue weighted by Crippen LogP contribution is -2.68. The third kappa shape index (κ3) is 3.94. The summed E-state index contributed by atoms with van der Waals surface area (Å²) in [5.41, 5.74) is 1.22. The lowest BCUT2D eigenvalue weighted by molar-refractivity contribution is 0.126. The number of hydrogen-bond donors (Lipinski definition) is 0. The van der Waals surface area contributed by atoms with E-state index < -0.39 is 8.32 Å². The Bertz CT molecular complexity index is 777. The minimum Gasteiger partial charge on any atom is -0.404 e. The van der Waals surface area contributed by atoms with Crippen molar-refractivity contribution in [2.45, 2.75) is 52.2 Å². The van der Waals surface area contributed by atoms with Crippen LogP contribution in [0.3, 0.4) is 0 Å². The van der Waals surface area contributed by atoms with Gasteiger partial charge in [-0.2, -0.15) is 0 Å². The first kappa shape index (κ1) is 20.8. The van der Waals surface area contributed by atoms with Crippen LogP contribution in [0.4, 0.5) is 0 Å². The maximum Gasteiger partial charge on any atom is 0.261 e. The molecule has 1 nitrogen and oxygen atoms in total. The van der Waals surface area contributed by atoms with E-state index in [0.717, 1.165) is 6.42 Å². The first-order chi connectivity index (χ1) is 13.3. The van der Waals surface area contributed by atoms with Gasteiger partial charge in [0.05, 0.1) is 6.10 Å². The average molecular weight is 391 g/mol. The van der Waals surface area contributed by atoms with Crippen LogP contribution in [-0.2, 0) is 4.43 Å². The fourth-order valence-corrected chi connectivity index (χ4v) is 9.20. The molecule has 0 spiro atoms. The van der Waals surface area contributed by atoms with Crippen LogP contribution in [0.5, 0.6) is 0 Å². The molecule has 0 N–H and O–H groups in total. The van der Waals surface area contributed by atoms with Crippen molar-refractivity contribution in [2.24, 2.45) is 11.8 Å². The van der Waals surface area contributed by atoms with Gasteiger partial charge in [-0.25, -0.2) is 0 Å². The van der Waals surface area contributed by atoms with Crippen molar-refractivity contribution >= 4 is 18.7 Å². The van der Waals surface area contributed by atoms with Gasteiger partial charge < -0.3 is 4.43 Å². The first-order valence-corrected chi connectivity index (χ1v) is 12.3. The highest BCUT2D eigenvalue weighted by molar-refractivity contribution is 6.99. The van der Waals surface area contributed by atoms with E-state index in [4.69, 9.17) is 4.43 Å². The summed E-state index contributed by atoms with van der Waals surface area (Å²) in [6.45, 7) is 15.7. The molecule has 0 bridgehead atoms. The SMILES string of the molecule is C=C(C)[C@@H]1C=C[C@@H](C)[C@@H](O[Si](c2ccccc2)(c2ccccc2)C(C)(C)C)C1. The Labute approximate surface area is 172 Å². The Balaban J connectivity index is 2.14. The summed E-state index contributed by atoms with van der Waals surface area (Å²) in [5, 5.41) is 2.71. The van der Waals surface area contributed by atoms with Gasteiger partial charge in [0.2, 0.25) is 0 Å². The first-order valence-electron chi connectivity index (χ1n) is 10.4.